The smallest absolute Gasteiger partial charge is 0.308 e. The third kappa shape index (κ3) is 2.85. The number of aromatic nitrogens is 1. The Morgan fingerprint density at radius 1 is 1.30 bits per heavy atom. The zero-order valence-electron chi connectivity index (χ0n) is 10.00. The largest absolute Gasteiger partial charge is 0.481 e. The van der Waals surface area contributed by atoms with Gasteiger partial charge in [-0.3, -0.25) is 4.79 Å². The van der Waals surface area contributed by atoms with Crippen LogP contribution < -0.4 is 0 Å². The van der Waals surface area contributed by atoms with Crippen molar-refractivity contribution in [2.24, 2.45) is 0 Å². The normalized spacial score (nSPS) is 10.8. The first-order chi connectivity index (χ1) is 9.63. The van der Waals surface area contributed by atoms with Crippen LogP contribution in [0.4, 0.5) is 0 Å². The number of aliphatic carboxylic acids is 1. The number of rotatable bonds is 4. The third-order valence-corrected chi connectivity index (χ3v) is 6.50. The van der Waals surface area contributed by atoms with Gasteiger partial charge in [0.1, 0.15) is 5.01 Å². The zero-order chi connectivity index (χ0) is 14.1. The summed E-state index contributed by atoms with van der Waals surface area (Å²) in [7, 11) is 0. The molecule has 7 heteroatoms. The van der Waals surface area contributed by atoms with Crippen molar-refractivity contribution >= 4 is 55.9 Å². The van der Waals surface area contributed by atoms with Gasteiger partial charge in [-0.15, -0.1) is 34.0 Å². The molecule has 0 saturated heterocycles. The molecule has 0 atom stereocenters. The third-order valence-electron chi connectivity index (χ3n) is 2.56. The second-order valence-electron chi connectivity index (χ2n) is 3.97. The van der Waals surface area contributed by atoms with E-state index in [9.17, 15) is 4.79 Å². The molecule has 1 N–H and O–H groups in total. The van der Waals surface area contributed by atoms with E-state index < -0.39 is 5.97 Å². The molecule has 3 nitrogen and oxygen atoms in total. The summed E-state index contributed by atoms with van der Waals surface area (Å²) in [6, 6.07) is 5.80. The molecule has 20 heavy (non-hydrogen) atoms. The molecule has 0 radical (unpaired) electrons. The van der Waals surface area contributed by atoms with Gasteiger partial charge in [0.15, 0.2) is 0 Å². The lowest BCUT2D eigenvalue weighted by molar-refractivity contribution is -0.136. The van der Waals surface area contributed by atoms with Gasteiger partial charge in [-0.2, -0.15) is 0 Å². The molecular formula is C13H8BrNO2S3. The van der Waals surface area contributed by atoms with Gasteiger partial charge in [-0.1, -0.05) is 0 Å². The minimum atomic E-state index is -0.806. The number of carboxylic acids is 1. The number of thiophene rings is 2. The first-order valence-corrected chi connectivity index (χ1v) is 9.00. The molecular weight excluding hydrogens is 378 g/mol. The average Bonchev–Trinajstić information content (AvgIpc) is 3.07. The van der Waals surface area contributed by atoms with Crippen LogP contribution in [0.15, 0.2) is 33.4 Å². The maximum Gasteiger partial charge on any atom is 0.308 e. The SMILES string of the molecule is O=C(O)Cc1ccc(-c2csc(-c3sccc3Br)n2)s1. The van der Waals surface area contributed by atoms with Crippen molar-refractivity contribution < 1.29 is 9.90 Å². The summed E-state index contributed by atoms with van der Waals surface area (Å²) in [5.74, 6) is -0.806. The quantitative estimate of drug-likeness (QED) is 0.687. The summed E-state index contributed by atoms with van der Waals surface area (Å²) >= 11 is 8.25. The van der Waals surface area contributed by atoms with Crippen molar-refractivity contribution in [2.75, 3.05) is 0 Å². The minimum absolute atomic E-state index is 0.0676. The van der Waals surface area contributed by atoms with E-state index in [1.165, 1.54) is 11.3 Å². The Morgan fingerprint density at radius 3 is 2.85 bits per heavy atom. The first kappa shape index (κ1) is 13.9. The fraction of sp³-hybridized carbons (Fsp3) is 0.0769. The van der Waals surface area contributed by atoms with Gasteiger partial charge in [0.25, 0.3) is 0 Å². The molecule has 0 unspecified atom stereocenters. The molecule has 3 aromatic heterocycles. The van der Waals surface area contributed by atoms with Crippen LogP contribution >= 0.6 is 49.9 Å². The molecule has 0 aliphatic rings. The van der Waals surface area contributed by atoms with E-state index in [1.807, 2.05) is 29.0 Å². The number of carboxylic acid groups (broad SMARTS) is 1. The summed E-state index contributed by atoms with van der Waals surface area (Å²) in [5.41, 5.74) is 0.909. The monoisotopic (exact) mass is 385 g/mol. The molecule has 0 amide bonds. The lowest BCUT2D eigenvalue weighted by atomic mass is 10.3. The standard InChI is InChI=1S/C13H8BrNO2S3/c14-8-3-4-18-12(8)13-15-9(6-19-13)10-2-1-7(20-10)5-11(16)17/h1-4,6H,5H2,(H,16,17). The fourth-order valence-electron chi connectivity index (χ4n) is 1.70. The minimum Gasteiger partial charge on any atom is -0.481 e. The number of thiazole rings is 1. The molecule has 0 bridgehead atoms. The molecule has 3 rings (SSSR count). The fourth-order valence-corrected chi connectivity index (χ4v) is 5.36. The van der Waals surface area contributed by atoms with Crippen LogP contribution in [0.2, 0.25) is 0 Å². The molecule has 3 aromatic rings. The molecule has 0 aliphatic carbocycles. The van der Waals surface area contributed by atoms with E-state index in [2.05, 4.69) is 20.9 Å². The molecule has 0 aliphatic heterocycles. The predicted molar refractivity (Wildman–Crippen MR) is 87.8 cm³/mol. The van der Waals surface area contributed by atoms with Gasteiger partial charge in [0.2, 0.25) is 0 Å². The van der Waals surface area contributed by atoms with Crippen molar-refractivity contribution in [1.82, 2.24) is 4.98 Å². The lowest BCUT2D eigenvalue weighted by Gasteiger charge is -1.92. The van der Waals surface area contributed by atoms with Gasteiger partial charge in [-0.05, 0) is 39.5 Å². The van der Waals surface area contributed by atoms with Crippen molar-refractivity contribution in [1.29, 1.82) is 0 Å². The van der Waals surface area contributed by atoms with Gasteiger partial charge in [0, 0.05) is 14.7 Å². The molecule has 0 saturated carbocycles. The summed E-state index contributed by atoms with van der Waals surface area (Å²) in [5, 5.41) is 13.8. The van der Waals surface area contributed by atoms with Crippen molar-refractivity contribution in [3.63, 3.8) is 0 Å². The zero-order valence-corrected chi connectivity index (χ0v) is 14.0. The Kier molecular flexibility index (Phi) is 4.02. The van der Waals surface area contributed by atoms with Crippen molar-refractivity contribution in [3.8, 4) is 20.5 Å². The highest BCUT2D eigenvalue weighted by molar-refractivity contribution is 9.10. The second kappa shape index (κ2) is 5.77. The Balaban J connectivity index is 1.88. The highest BCUT2D eigenvalue weighted by Gasteiger charge is 2.12. The second-order valence-corrected chi connectivity index (χ2v) is 7.77. The first-order valence-electron chi connectivity index (χ1n) is 5.63. The van der Waals surface area contributed by atoms with Crippen LogP contribution in [0.5, 0.6) is 0 Å². The van der Waals surface area contributed by atoms with Gasteiger partial charge in [0.05, 0.1) is 21.9 Å². The summed E-state index contributed by atoms with van der Waals surface area (Å²) in [6.07, 6.45) is 0.0676. The molecule has 3 heterocycles. The number of hydrogen-bond donors (Lipinski definition) is 1. The Hall–Kier alpha value is -1.02. The number of nitrogens with zero attached hydrogens (tertiary/aromatic N) is 1. The van der Waals surface area contributed by atoms with Crippen molar-refractivity contribution in [2.45, 2.75) is 6.42 Å². The van der Waals surface area contributed by atoms with E-state index in [4.69, 9.17) is 5.11 Å². The highest BCUT2D eigenvalue weighted by Crippen LogP contribution is 2.38. The lowest BCUT2D eigenvalue weighted by Crippen LogP contribution is -1.96. The van der Waals surface area contributed by atoms with E-state index in [1.54, 1.807) is 22.7 Å². The van der Waals surface area contributed by atoms with E-state index >= 15 is 0 Å². The molecule has 0 aromatic carbocycles. The number of hydrogen-bond acceptors (Lipinski definition) is 5. The Morgan fingerprint density at radius 2 is 2.15 bits per heavy atom. The van der Waals surface area contributed by atoms with Crippen LogP contribution in [-0.4, -0.2) is 16.1 Å². The van der Waals surface area contributed by atoms with Gasteiger partial charge >= 0.3 is 5.97 Å². The van der Waals surface area contributed by atoms with Crippen LogP contribution in [0.3, 0.4) is 0 Å². The maximum atomic E-state index is 10.7. The molecule has 0 fully saturated rings. The molecule has 102 valence electrons. The van der Waals surface area contributed by atoms with E-state index in [0.29, 0.717) is 0 Å². The van der Waals surface area contributed by atoms with Gasteiger partial charge < -0.3 is 5.11 Å². The van der Waals surface area contributed by atoms with Crippen LogP contribution in [0.25, 0.3) is 20.5 Å². The number of halogens is 1. The van der Waals surface area contributed by atoms with Crippen LogP contribution in [0.1, 0.15) is 4.88 Å². The van der Waals surface area contributed by atoms with Crippen molar-refractivity contribution in [3.05, 3.63) is 38.3 Å². The van der Waals surface area contributed by atoms with E-state index in [0.717, 1.165) is 29.8 Å². The summed E-state index contributed by atoms with van der Waals surface area (Å²) in [6.45, 7) is 0. The van der Waals surface area contributed by atoms with Crippen LogP contribution in [-0.2, 0) is 11.2 Å². The van der Waals surface area contributed by atoms with E-state index in [-0.39, 0.29) is 6.42 Å². The van der Waals surface area contributed by atoms with Gasteiger partial charge in [-0.25, -0.2) is 4.98 Å². The Bertz CT molecular complexity index is 759. The topological polar surface area (TPSA) is 50.2 Å². The average molecular weight is 386 g/mol. The predicted octanol–water partition coefficient (Wildman–Crippen LogP) is 4.99. The molecule has 0 spiro atoms. The highest BCUT2D eigenvalue weighted by atomic mass is 79.9. The Labute approximate surface area is 135 Å². The number of carbonyl (C=O) groups is 1. The summed E-state index contributed by atoms with van der Waals surface area (Å²) in [4.78, 5) is 18.3. The summed E-state index contributed by atoms with van der Waals surface area (Å²) < 4.78 is 1.06. The maximum absolute atomic E-state index is 10.7. The van der Waals surface area contributed by atoms with Crippen LogP contribution in [0, 0.1) is 0 Å².